The number of nitrogens with two attached hydrogens (primary N) is 1. The summed E-state index contributed by atoms with van der Waals surface area (Å²) in [5.41, 5.74) is 5.42. The minimum atomic E-state index is -0.511. The van der Waals surface area contributed by atoms with Gasteiger partial charge >= 0.3 is 0 Å². The van der Waals surface area contributed by atoms with Gasteiger partial charge in [-0.1, -0.05) is 12.1 Å². The fraction of sp³-hybridized carbons (Fsp3) is 0. The molecule has 0 saturated heterocycles. The molecule has 2 aromatic rings. The molecule has 2 rings (SSSR count). The topological polar surface area (TPSA) is 127 Å². The summed E-state index contributed by atoms with van der Waals surface area (Å²) >= 11 is 0. The van der Waals surface area contributed by atoms with E-state index in [1.807, 2.05) is 0 Å². The van der Waals surface area contributed by atoms with Crippen molar-refractivity contribution in [2.24, 2.45) is 4.99 Å². The Morgan fingerprint density at radius 3 is 2.95 bits per heavy atom. The SMILES string of the molecule is Nc1nc[nH]c(=O)c1N=Cc1cccc([N+](=O)[O-])c1. The Morgan fingerprint density at radius 2 is 2.26 bits per heavy atom. The van der Waals surface area contributed by atoms with E-state index >= 15 is 0 Å². The third-order valence-electron chi connectivity index (χ3n) is 2.28. The number of nitrogen functional groups attached to an aromatic ring is 1. The van der Waals surface area contributed by atoms with Crippen molar-refractivity contribution in [2.75, 3.05) is 5.73 Å². The number of anilines is 1. The molecule has 8 heteroatoms. The first-order valence-electron chi connectivity index (χ1n) is 5.19. The number of nitro groups is 1. The van der Waals surface area contributed by atoms with Crippen molar-refractivity contribution >= 4 is 23.4 Å². The Balaban J connectivity index is 2.35. The summed E-state index contributed by atoms with van der Waals surface area (Å²) in [7, 11) is 0. The molecule has 0 fully saturated rings. The van der Waals surface area contributed by atoms with Crippen molar-refractivity contribution in [3.05, 3.63) is 56.6 Å². The van der Waals surface area contributed by atoms with E-state index in [9.17, 15) is 14.9 Å². The Labute approximate surface area is 106 Å². The molecule has 1 heterocycles. The molecule has 0 spiro atoms. The van der Waals surface area contributed by atoms with Crippen LogP contribution in [0.4, 0.5) is 17.2 Å². The normalized spacial score (nSPS) is 10.7. The largest absolute Gasteiger partial charge is 0.382 e. The van der Waals surface area contributed by atoms with Crippen molar-refractivity contribution in [1.82, 2.24) is 9.97 Å². The number of rotatable bonds is 3. The fourth-order valence-corrected chi connectivity index (χ4v) is 1.39. The van der Waals surface area contributed by atoms with Crippen molar-refractivity contribution in [3.8, 4) is 0 Å². The van der Waals surface area contributed by atoms with Gasteiger partial charge in [-0.05, 0) is 5.56 Å². The number of H-pyrrole nitrogens is 1. The molecule has 8 nitrogen and oxygen atoms in total. The Kier molecular flexibility index (Phi) is 3.33. The van der Waals surface area contributed by atoms with Crippen molar-refractivity contribution in [3.63, 3.8) is 0 Å². The minimum absolute atomic E-state index is 0.00886. The number of nitrogens with zero attached hydrogens (tertiary/aromatic N) is 3. The Hall–Kier alpha value is -3.03. The molecule has 1 aromatic heterocycles. The molecule has 0 amide bonds. The van der Waals surface area contributed by atoms with Gasteiger partial charge < -0.3 is 10.7 Å². The van der Waals surface area contributed by atoms with Gasteiger partial charge in [0, 0.05) is 18.3 Å². The van der Waals surface area contributed by atoms with Crippen LogP contribution < -0.4 is 11.3 Å². The summed E-state index contributed by atoms with van der Waals surface area (Å²) in [6, 6.07) is 5.85. The summed E-state index contributed by atoms with van der Waals surface area (Å²) in [4.78, 5) is 31.5. The summed E-state index contributed by atoms with van der Waals surface area (Å²) in [6.07, 6.45) is 2.49. The Morgan fingerprint density at radius 1 is 1.47 bits per heavy atom. The number of aliphatic imine (C=N–C) groups is 1. The quantitative estimate of drug-likeness (QED) is 0.483. The monoisotopic (exact) mass is 259 g/mol. The van der Waals surface area contributed by atoms with Crippen molar-refractivity contribution < 1.29 is 4.92 Å². The van der Waals surface area contributed by atoms with E-state index in [1.165, 1.54) is 30.7 Å². The first-order valence-corrected chi connectivity index (χ1v) is 5.19. The first kappa shape index (κ1) is 12.4. The number of non-ortho nitro benzene ring substituents is 1. The minimum Gasteiger partial charge on any atom is -0.382 e. The van der Waals surface area contributed by atoms with Gasteiger partial charge in [-0.15, -0.1) is 0 Å². The van der Waals surface area contributed by atoms with Crippen LogP contribution in [0.5, 0.6) is 0 Å². The fourth-order valence-electron chi connectivity index (χ4n) is 1.39. The Bertz CT molecular complexity index is 707. The molecule has 19 heavy (non-hydrogen) atoms. The van der Waals surface area contributed by atoms with Crippen LogP contribution in [0.1, 0.15) is 5.56 Å². The van der Waals surface area contributed by atoms with Crippen LogP contribution in [0.2, 0.25) is 0 Å². The van der Waals surface area contributed by atoms with E-state index < -0.39 is 10.5 Å². The zero-order chi connectivity index (χ0) is 13.8. The molecule has 0 aliphatic heterocycles. The molecular weight excluding hydrogens is 250 g/mol. The van der Waals surface area contributed by atoms with Gasteiger partial charge in [0.2, 0.25) is 0 Å². The van der Waals surface area contributed by atoms with E-state index in [4.69, 9.17) is 5.73 Å². The maximum atomic E-state index is 11.4. The molecule has 1 aromatic carbocycles. The van der Waals surface area contributed by atoms with Gasteiger partial charge in [0.1, 0.15) is 0 Å². The molecule has 0 aliphatic carbocycles. The average Bonchev–Trinajstić information content (AvgIpc) is 2.38. The van der Waals surface area contributed by atoms with Crippen molar-refractivity contribution in [2.45, 2.75) is 0 Å². The van der Waals surface area contributed by atoms with Gasteiger partial charge in [0.25, 0.3) is 11.2 Å². The van der Waals surface area contributed by atoms with Crippen LogP contribution in [0.25, 0.3) is 0 Å². The highest BCUT2D eigenvalue weighted by Crippen LogP contribution is 2.14. The number of aromatic nitrogens is 2. The van der Waals surface area contributed by atoms with Crippen LogP contribution in [-0.2, 0) is 0 Å². The predicted octanol–water partition coefficient (Wildman–Crippen LogP) is 1.01. The molecule has 0 unspecified atom stereocenters. The lowest BCUT2D eigenvalue weighted by Gasteiger charge is -1.97. The summed E-state index contributed by atoms with van der Waals surface area (Å²) in [6.45, 7) is 0. The molecule has 3 N–H and O–H groups in total. The number of nitro benzene ring substituents is 1. The van der Waals surface area contributed by atoms with Crippen LogP contribution >= 0.6 is 0 Å². The molecule has 0 atom stereocenters. The highest BCUT2D eigenvalue weighted by Gasteiger charge is 2.05. The summed E-state index contributed by atoms with van der Waals surface area (Å²) < 4.78 is 0. The van der Waals surface area contributed by atoms with Gasteiger partial charge in [-0.2, -0.15) is 0 Å². The standard InChI is InChI=1S/C11H9N5O3/c12-10-9(11(17)15-6-14-10)13-5-7-2-1-3-8(4-7)16(18)19/h1-6H,(H3,12,14,15,17). The van der Waals surface area contributed by atoms with Gasteiger partial charge in [-0.3, -0.25) is 14.9 Å². The number of hydrogen-bond donors (Lipinski definition) is 2. The highest BCUT2D eigenvalue weighted by molar-refractivity contribution is 5.83. The third kappa shape index (κ3) is 2.80. The highest BCUT2D eigenvalue weighted by atomic mass is 16.6. The lowest BCUT2D eigenvalue weighted by atomic mass is 10.2. The molecule has 0 aliphatic rings. The van der Waals surface area contributed by atoms with Crippen LogP contribution in [0, 0.1) is 10.1 Å². The maximum Gasteiger partial charge on any atom is 0.278 e. The van der Waals surface area contributed by atoms with Crippen LogP contribution in [0.3, 0.4) is 0 Å². The van der Waals surface area contributed by atoms with Crippen LogP contribution in [-0.4, -0.2) is 21.1 Å². The summed E-state index contributed by atoms with van der Waals surface area (Å²) in [5.74, 6) is -0.00886. The second kappa shape index (κ2) is 5.08. The third-order valence-corrected chi connectivity index (χ3v) is 2.28. The van der Waals surface area contributed by atoms with Gasteiger partial charge in [0.05, 0.1) is 11.3 Å². The molecule has 0 bridgehead atoms. The number of hydrogen-bond acceptors (Lipinski definition) is 6. The van der Waals surface area contributed by atoms with E-state index in [2.05, 4.69) is 15.0 Å². The van der Waals surface area contributed by atoms with E-state index in [-0.39, 0.29) is 17.2 Å². The molecule has 96 valence electrons. The van der Waals surface area contributed by atoms with E-state index in [0.717, 1.165) is 0 Å². The zero-order valence-corrected chi connectivity index (χ0v) is 9.61. The molecule has 0 radical (unpaired) electrons. The second-order valence-electron chi connectivity index (χ2n) is 3.58. The predicted molar refractivity (Wildman–Crippen MR) is 69.6 cm³/mol. The summed E-state index contributed by atoms with van der Waals surface area (Å²) in [5, 5.41) is 10.6. The average molecular weight is 259 g/mol. The van der Waals surface area contributed by atoms with E-state index in [0.29, 0.717) is 5.56 Å². The first-order chi connectivity index (χ1) is 9.08. The number of aromatic amines is 1. The van der Waals surface area contributed by atoms with Crippen molar-refractivity contribution in [1.29, 1.82) is 0 Å². The lowest BCUT2D eigenvalue weighted by Crippen LogP contribution is -2.08. The number of nitrogens with one attached hydrogen (secondary N) is 1. The van der Waals surface area contributed by atoms with Gasteiger partial charge in [-0.25, -0.2) is 9.98 Å². The second-order valence-corrected chi connectivity index (χ2v) is 3.58. The van der Waals surface area contributed by atoms with Gasteiger partial charge in [0.15, 0.2) is 11.5 Å². The lowest BCUT2D eigenvalue weighted by molar-refractivity contribution is -0.384. The number of benzene rings is 1. The van der Waals surface area contributed by atoms with E-state index in [1.54, 1.807) is 6.07 Å². The zero-order valence-electron chi connectivity index (χ0n) is 9.61. The smallest absolute Gasteiger partial charge is 0.278 e. The van der Waals surface area contributed by atoms with Crippen LogP contribution in [0.15, 0.2) is 40.4 Å². The molecule has 0 saturated carbocycles. The molecular formula is C11H9N5O3. The maximum absolute atomic E-state index is 11.4.